The summed E-state index contributed by atoms with van der Waals surface area (Å²) in [6.45, 7) is 3.53. The third kappa shape index (κ3) is 6.60. The van der Waals surface area contributed by atoms with E-state index in [2.05, 4.69) is 29.6 Å². The third-order valence-corrected chi connectivity index (χ3v) is 4.07. The average Bonchev–Trinajstić information content (AvgIpc) is 2.53. The van der Waals surface area contributed by atoms with Gasteiger partial charge in [-0.25, -0.2) is 0 Å². The molecule has 0 spiro atoms. The van der Waals surface area contributed by atoms with E-state index in [9.17, 15) is 0 Å². The van der Waals surface area contributed by atoms with Crippen LogP contribution in [-0.4, -0.2) is 26.4 Å². The maximum Gasteiger partial charge on any atom is 0.0713 e. The fourth-order valence-corrected chi connectivity index (χ4v) is 2.83. The first-order valence-corrected chi connectivity index (χ1v) is 8.27. The van der Waals surface area contributed by atoms with Crippen LogP contribution in [0.5, 0.6) is 0 Å². The normalized spacial score (nSPS) is 16.2. The van der Waals surface area contributed by atoms with Gasteiger partial charge in [-0.05, 0) is 36.9 Å². The van der Waals surface area contributed by atoms with Gasteiger partial charge in [0.05, 0.1) is 12.7 Å². The number of hydrogen-bond acceptors (Lipinski definition) is 3. The summed E-state index contributed by atoms with van der Waals surface area (Å²) < 4.78 is 11.0. The Balaban J connectivity index is 1.51. The minimum Gasteiger partial charge on any atom is -0.380 e. The zero-order valence-electron chi connectivity index (χ0n) is 13.3. The van der Waals surface area contributed by atoms with Gasteiger partial charge in [0.1, 0.15) is 0 Å². The van der Waals surface area contributed by atoms with Gasteiger partial charge in [0.15, 0.2) is 0 Å². The highest BCUT2D eigenvalue weighted by Gasteiger charge is 2.12. The maximum atomic E-state index is 5.92. The Kier molecular flexibility index (Phi) is 7.79. The Morgan fingerprint density at radius 2 is 1.76 bits per heavy atom. The largest absolute Gasteiger partial charge is 0.380 e. The van der Waals surface area contributed by atoms with Crippen LogP contribution in [0, 0.1) is 0 Å². The van der Waals surface area contributed by atoms with Gasteiger partial charge in [-0.3, -0.25) is 0 Å². The topological polar surface area (TPSA) is 30.5 Å². The molecule has 21 heavy (non-hydrogen) atoms. The van der Waals surface area contributed by atoms with Gasteiger partial charge in [0.2, 0.25) is 0 Å². The van der Waals surface area contributed by atoms with E-state index in [1.54, 1.807) is 7.11 Å². The summed E-state index contributed by atoms with van der Waals surface area (Å²) in [5.74, 6) is 0. The summed E-state index contributed by atoms with van der Waals surface area (Å²) in [6, 6.07) is 8.60. The number of rotatable bonds is 9. The van der Waals surface area contributed by atoms with Gasteiger partial charge in [0, 0.05) is 20.3 Å². The maximum absolute atomic E-state index is 5.92. The van der Waals surface area contributed by atoms with E-state index >= 15 is 0 Å². The molecule has 0 unspecified atom stereocenters. The van der Waals surface area contributed by atoms with Crippen molar-refractivity contribution in [2.24, 2.45) is 0 Å². The Bertz CT molecular complexity index is 371. The lowest BCUT2D eigenvalue weighted by molar-refractivity contribution is 0.0273. The third-order valence-electron chi connectivity index (χ3n) is 4.07. The lowest BCUT2D eigenvalue weighted by Gasteiger charge is -2.21. The van der Waals surface area contributed by atoms with Crippen LogP contribution < -0.4 is 5.32 Å². The molecule has 1 aliphatic carbocycles. The lowest BCUT2D eigenvalue weighted by Crippen LogP contribution is -2.20. The van der Waals surface area contributed by atoms with Crippen molar-refractivity contribution in [1.29, 1.82) is 0 Å². The predicted octanol–water partition coefficient (Wildman–Crippen LogP) is 3.66. The van der Waals surface area contributed by atoms with Gasteiger partial charge in [-0.15, -0.1) is 0 Å². The Morgan fingerprint density at radius 1 is 1.05 bits per heavy atom. The van der Waals surface area contributed by atoms with Crippen LogP contribution in [-0.2, 0) is 22.6 Å². The molecule has 1 aromatic carbocycles. The highest BCUT2D eigenvalue weighted by molar-refractivity contribution is 5.21. The van der Waals surface area contributed by atoms with Crippen molar-refractivity contribution in [1.82, 2.24) is 5.32 Å². The van der Waals surface area contributed by atoms with Crippen LogP contribution in [0.3, 0.4) is 0 Å². The molecule has 0 aromatic heterocycles. The van der Waals surface area contributed by atoms with Crippen molar-refractivity contribution in [2.75, 3.05) is 20.3 Å². The SMILES string of the molecule is COCc1ccc(CNCCCOC2CCCCC2)cc1. The second kappa shape index (κ2) is 9.93. The van der Waals surface area contributed by atoms with Gasteiger partial charge >= 0.3 is 0 Å². The molecule has 3 heteroatoms. The molecule has 1 N–H and O–H groups in total. The number of methoxy groups -OCH3 is 1. The smallest absolute Gasteiger partial charge is 0.0713 e. The van der Waals surface area contributed by atoms with E-state index in [0.717, 1.165) is 26.1 Å². The van der Waals surface area contributed by atoms with Crippen LogP contribution in [0.15, 0.2) is 24.3 Å². The molecule has 0 radical (unpaired) electrons. The quantitative estimate of drug-likeness (QED) is 0.704. The first kappa shape index (κ1) is 16.5. The van der Waals surface area contributed by atoms with Crippen LogP contribution >= 0.6 is 0 Å². The molecule has 1 aromatic rings. The number of ether oxygens (including phenoxy) is 2. The molecule has 1 fully saturated rings. The fourth-order valence-electron chi connectivity index (χ4n) is 2.83. The second-order valence-corrected chi connectivity index (χ2v) is 5.91. The highest BCUT2D eigenvalue weighted by Crippen LogP contribution is 2.20. The standard InChI is InChI=1S/C18H29NO2/c1-20-15-17-10-8-16(9-11-17)14-19-12-5-13-21-18-6-3-2-4-7-18/h8-11,18-19H,2-7,12-15H2,1H3. The number of nitrogens with one attached hydrogen (secondary N) is 1. The minimum atomic E-state index is 0.534. The van der Waals surface area contributed by atoms with E-state index in [1.165, 1.54) is 43.2 Å². The van der Waals surface area contributed by atoms with Crippen molar-refractivity contribution >= 4 is 0 Å². The molecular weight excluding hydrogens is 262 g/mol. The van der Waals surface area contributed by atoms with Crippen molar-refractivity contribution in [3.05, 3.63) is 35.4 Å². The van der Waals surface area contributed by atoms with Crippen LogP contribution in [0.1, 0.15) is 49.7 Å². The predicted molar refractivity (Wildman–Crippen MR) is 86.3 cm³/mol. The van der Waals surface area contributed by atoms with E-state index < -0.39 is 0 Å². The minimum absolute atomic E-state index is 0.534. The molecule has 0 bridgehead atoms. The molecular formula is C18H29NO2. The summed E-state index contributed by atoms with van der Waals surface area (Å²) in [5, 5.41) is 3.48. The van der Waals surface area contributed by atoms with Gasteiger partial charge in [-0.2, -0.15) is 0 Å². The van der Waals surface area contributed by atoms with E-state index in [1.807, 2.05) is 0 Å². The zero-order chi connectivity index (χ0) is 14.8. The molecule has 0 aliphatic heterocycles. The zero-order valence-corrected chi connectivity index (χ0v) is 13.3. The summed E-state index contributed by atoms with van der Waals surface area (Å²) in [5.41, 5.74) is 2.55. The summed E-state index contributed by atoms with van der Waals surface area (Å²) in [6.07, 6.45) is 8.25. The van der Waals surface area contributed by atoms with E-state index in [0.29, 0.717) is 12.7 Å². The van der Waals surface area contributed by atoms with Gasteiger partial charge in [-0.1, -0.05) is 43.5 Å². The first-order chi connectivity index (χ1) is 10.4. The molecule has 2 rings (SSSR count). The molecule has 0 heterocycles. The molecule has 118 valence electrons. The fraction of sp³-hybridized carbons (Fsp3) is 0.667. The summed E-state index contributed by atoms with van der Waals surface area (Å²) in [4.78, 5) is 0. The molecule has 1 aliphatic rings. The van der Waals surface area contributed by atoms with Crippen molar-refractivity contribution < 1.29 is 9.47 Å². The van der Waals surface area contributed by atoms with Crippen molar-refractivity contribution in [3.8, 4) is 0 Å². The molecule has 1 saturated carbocycles. The molecule has 0 saturated heterocycles. The Morgan fingerprint density at radius 3 is 2.48 bits per heavy atom. The van der Waals surface area contributed by atoms with Crippen LogP contribution in [0.2, 0.25) is 0 Å². The van der Waals surface area contributed by atoms with Crippen LogP contribution in [0.25, 0.3) is 0 Å². The number of benzene rings is 1. The van der Waals surface area contributed by atoms with Gasteiger partial charge < -0.3 is 14.8 Å². The van der Waals surface area contributed by atoms with E-state index in [4.69, 9.17) is 9.47 Å². The Labute approximate surface area is 129 Å². The highest BCUT2D eigenvalue weighted by atomic mass is 16.5. The monoisotopic (exact) mass is 291 g/mol. The molecule has 3 nitrogen and oxygen atoms in total. The first-order valence-electron chi connectivity index (χ1n) is 8.27. The van der Waals surface area contributed by atoms with Gasteiger partial charge in [0.25, 0.3) is 0 Å². The van der Waals surface area contributed by atoms with Crippen molar-refractivity contribution in [3.63, 3.8) is 0 Å². The van der Waals surface area contributed by atoms with E-state index in [-0.39, 0.29) is 0 Å². The van der Waals surface area contributed by atoms with Crippen LogP contribution in [0.4, 0.5) is 0 Å². The average molecular weight is 291 g/mol. The summed E-state index contributed by atoms with van der Waals surface area (Å²) >= 11 is 0. The summed E-state index contributed by atoms with van der Waals surface area (Å²) in [7, 11) is 1.73. The molecule has 0 amide bonds. The molecule has 0 atom stereocenters. The van der Waals surface area contributed by atoms with Crippen molar-refractivity contribution in [2.45, 2.75) is 57.8 Å². The second-order valence-electron chi connectivity index (χ2n) is 5.91. The number of hydrogen-bond donors (Lipinski definition) is 1. The Hall–Kier alpha value is -0.900. The lowest BCUT2D eigenvalue weighted by atomic mass is 9.98.